The molecule has 5 heteroatoms. The van der Waals surface area contributed by atoms with Crippen molar-refractivity contribution >= 4 is 23.2 Å². The summed E-state index contributed by atoms with van der Waals surface area (Å²) in [5.41, 5.74) is 3.11. The second kappa shape index (κ2) is 9.04. The summed E-state index contributed by atoms with van der Waals surface area (Å²) in [6, 6.07) is 19.8. The molecule has 0 atom stereocenters. The molecule has 0 spiro atoms. The van der Waals surface area contributed by atoms with Gasteiger partial charge in [-0.25, -0.2) is 4.39 Å². The Balaban J connectivity index is 1.52. The van der Waals surface area contributed by atoms with Crippen LogP contribution in [0.4, 0.5) is 4.39 Å². The normalized spacial score (nSPS) is 10.7. The van der Waals surface area contributed by atoms with Gasteiger partial charge in [0, 0.05) is 13.1 Å². The Morgan fingerprint density at radius 3 is 2.27 bits per heavy atom. The summed E-state index contributed by atoms with van der Waals surface area (Å²) in [7, 11) is 0. The molecule has 3 aromatic rings. The molecule has 0 bridgehead atoms. The smallest absolute Gasteiger partial charge is 0.123 e. The van der Waals surface area contributed by atoms with Crippen LogP contribution in [0.3, 0.4) is 0 Å². The van der Waals surface area contributed by atoms with Crippen molar-refractivity contribution < 1.29 is 9.13 Å². The van der Waals surface area contributed by atoms with Crippen molar-refractivity contribution in [2.24, 2.45) is 0 Å². The van der Waals surface area contributed by atoms with Crippen LogP contribution in [0.5, 0.6) is 5.75 Å². The maximum atomic E-state index is 12.9. The zero-order valence-corrected chi connectivity index (χ0v) is 15.5. The highest BCUT2D eigenvalue weighted by Gasteiger charge is 2.02. The maximum absolute atomic E-state index is 12.9. The Hall–Kier alpha value is -2.07. The van der Waals surface area contributed by atoms with Crippen molar-refractivity contribution in [1.29, 1.82) is 0 Å². The fraction of sp³-hybridized carbons (Fsp3) is 0.143. The van der Waals surface area contributed by atoms with Crippen molar-refractivity contribution in [3.63, 3.8) is 0 Å². The first-order valence-corrected chi connectivity index (χ1v) is 8.96. The molecular formula is C21H18Cl2FNO. The van der Waals surface area contributed by atoms with Gasteiger partial charge >= 0.3 is 0 Å². The maximum Gasteiger partial charge on any atom is 0.123 e. The molecule has 0 saturated carbocycles. The lowest BCUT2D eigenvalue weighted by Crippen LogP contribution is -2.12. The van der Waals surface area contributed by atoms with Gasteiger partial charge in [-0.1, -0.05) is 53.5 Å². The van der Waals surface area contributed by atoms with E-state index in [4.69, 9.17) is 27.9 Å². The van der Waals surface area contributed by atoms with Gasteiger partial charge in [0.15, 0.2) is 0 Å². The fourth-order valence-electron chi connectivity index (χ4n) is 2.49. The van der Waals surface area contributed by atoms with E-state index in [0.29, 0.717) is 29.7 Å². The molecule has 3 aromatic carbocycles. The highest BCUT2D eigenvalue weighted by Crippen LogP contribution is 2.23. The molecule has 134 valence electrons. The largest absolute Gasteiger partial charge is 0.489 e. The van der Waals surface area contributed by atoms with Gasteiger partial charge in [-0.3, -0.25) is 0 Å². The molecule has 1 N–H and O–H groups in total. The van der Waals surface area contributed by atoms with Crippen LogP contribution >= 0.6 is 23.2 Å². The van der Waals surface area contributed by atoms with Crippen LogP contribution in [-0.4, -0.2) is 0 Å². The fourth-order valence-corrected chi connectivity index (χ4v) is 2.82. The van der Waals surface area contributed by atoms with E-state index >= 15 is 0 Å². The summed E-state index contributed by atoms with van der Waals surface area (Å²) in [4.78, 5) is 0. The Morgan fingerprint density at radius 2 is 1.50 bits per heavy atom. The monoisotopic (exact) mass is 389 g/mol. The molecule has 0 fully saturated rings. The molecule has 0 saturated heterocycles. The summed E-state index contributed by atoms with van der Waals surface area (Å²) in [5.74, 6) is 0.567. The zero-order chi connectivity index (χ0) is 18.4. The number of benzene rings is 3. The van der Waals surface area contributed by atoms with E-state index in [1.165, 1.54) is 12.1 Å². The third-order valence-electron chi connectivity index (χ3n) is 3.86. The predicted octanol–water partition coefficient (Wildman–Crippen LogP) is 6.00. The van der Waals surface area contributed by atoms with Crippen LogP contribution in [0, 0.1) is 5.82 Å². The summed E-state index contributed by atoms with van der Waals surface area (Å²) < 4.78 is 18.7. The van der Waals surface area contributed by atoms with E-state index in [1.807, 2.05) is 30.3 Å². The number of ether oxygens (including phenoxy) is 1. The first-order valence-electron chi connectivity index (χ1n) is 8.21. The summed E-state index contributed by atoms with van der Waals surface area (Å²) in [6.45, 7) is 1.79. The van der Waals surface area contributed by atoms with Crippen LogP contribution in [-0.2, 0) is 19.7 Å². The lowest BCUT2D eigenvalue weighted by atomic mass is 10.2. The molecule has 0 aliphatic carbocycles. The van der Waals surface area contributed by atoms with Crippen LogP contribution in [0.1, 0.15) is 16.7 Å². The topological polar surface area (TPSA) is 21.3 Å². The quantitative estimate of drug-likeness (QED) is 0.534. The number of rotatable bonds is 7. The van der Waals surface area contributed by atoms with E-state index in [0.717, 1.165) is 22.4 Å². The highest BCUT2D eigenvalue weighted by atomic mass is 35.5. The molecule has 0 radical (unpaired) electrons. The molecule has 26 heavy (non-hydrogen) atoms. The Labute approximate surface area is 162 Å². The van der Waals surface area contributed by atoms with Crippen molar-refractivity contribution in [3.8, 4) is 5.75 Å². The average molecular weight is 390 g/mol. The molecule has 3 rings (SSSR count). The third kappa shape index (κ3) is 5.46. The van der Waals surface area contributed by atoms with E-state index in [9.17, 15) is 4.39 Å². The van der Waals surface area contributed by atoms with Crippen molar-refractivity contribution in [1.82, 2.24) is 5.32 Å². The van der Waals surface area contributed by atoms with E-state index in [-0.39, 0.29) is 5.82 Å². The third-order valence-corrected chi connectivity index (χ3v) is 4.60. The predicted molar refractivity (Wildman–Crippen MR) is 104 cm³/mol. The van der Waals surface area contributed by atoms with Crippen LogP contribution in [0.25, 0.3) is 0 Å². The van der Waals surface area contributed by atoms with Crippen LogP contribution in [0.15, 0.2) is 66.7 Å². The minimum Gasteiger partial charge on any atom is -0.489 e. The van der Waals surface area contributed by atoms with E-state index < -0.39 is 0 Å². The van der Waals surface area contributed by atoms with E-state index in [1.54, 1.807) is 24.3 Å². The second-order valence-corrected chi connectivity index (χ2v) is 6.73. The lowest BCUT2D eigenvalue weighted by Gasteiger charge is -2.10. The Kier molecular flexibility index (Phi) is 6.51. The summed E-state index contributed by atoms with van der Waals surface area (Å²) in [6.07, 6.45) is 0. The van der Waals surface area contributed by atoms with Gasteiger partial charge in [0.25, 0.3) is 0 Å². The minimum atomic E-state index is -0.222. The van der Waals surface area contributed by atoms with Crippen LogP contribution < -0.4 is 10.1 Å². The van der Waals surface area contributed by atoms with Crippen LogP contribution in [0.2, 0.25) is 10.0 Å². The lowest BCUT2D eigenvalue weighted by molar-refractivity contribution is 0.306. The second-order valence-electron chi connectivity index (χ2n) is 5.91. The average Bonchev–Trinajstić information content (AvgIpc) is 2.65. The number of halogens is 3. The number of hydrogen-bond acceptors (Lipinski definition) is 2. The molecule has 0 aromatic heterocycles. The summed E-state index contributed by atoms with van der Waals surface area (Å²) in [5, 5.41) is 4.39. The molecular weight excluding hydrogens is 372 g/mol. The molecule has 0 aliphatic rings. The first-order chi connectivity index (χ1) is 12.6. The van der Waals surface area contributed by atoms with Gasteiger partial charge in [-0.2, -0.15) is 0 Å². The first kappa shape index (κ1) is 18.7. The van der Waals surface area contributed by atoms with Gasteiger partial charge < -0.3 is 10.1 Å². The van der Waals surface area contributed by atoms with Gasteiger partial charge in [0.1, 0.15) is 18.2 Å². The minimum absolute atomic E-state index is 0.222. The van der Waals surface area contributed by atoms with Crippen molar-refractivity contribution in [2.75, 3.05) is 0 Å². The van der Waals surface area contributed by atoms with E-state index in [2.05, 4.69) is 5.32 Å². The van der Waals surface area contributed by atoms with Crippen molar-refractivity contribution in [3.05, 3.63) is 99.3 Å². The molecule has 0 heterocycles. The van der Waals surface area contributed by atoms with Gasteiger partial charge in [0.2, 0.25) is 0 Å². The van der Waals surface area contributed by atoms with Gasteiger partial charge in [-0.05, 0) is 53.1 Å². The summed E-state index contributed by atoms with van der Waals surface area (Å²) >= 11 is 11.9. The molecule has 0 aliphatic heterocycles. The van der Waals surface area contributed by atoms with Crippen molar-refractivity contribution in [2.45, 2.75) is 19.7 Å². The molecule has 0 unspecified atom stereocenters. The number of nitrogens with one attached hydrogen (secondary N) is 1. The molecule has 2 nitrogen and oxygen atoms in total. The van der Waals surface area contributed by atoms with Gasteiger partial charge in [-0.15, -0.1) is 0 Å². The van der Waals surface area contributed by atoms with Gasteiger partial charge in [0.05, 0.1) is 10.0 Å². The zero-order valence-electron chi connectivity index (χ0n) is 14.0. The molecule has 0 amide bonds. The SMILES string of the molecule is Fc1ccc(CNCc2cccc(OCc3ccc(Cl)c(Cl)c3)c2)cc1. The highest BCUT2D eigenvalue weighted by molar-refractivity contribution is 6.42. The Morgan fingerprint density at radius 1 is 0.769 bits per heavy atom. The Bertz CT molecular complexity index is 868. The standard InChI is InChI=1S/C21H18Cl2FNO/c22-20-9-6-17(11-21(20)23)14-26-19-3-1-2-16(10-19)13-25-12-15-4-7-18(24)8-5-15/h1-11,25H,12-14H2. The number of hydrogen-bond donors (Lipinski definition) is 1.